The van der Waals surface area contributed by atoms with E-state index in [1.807, 2.05) is 5.38 Å². The molecule has 2 rings (SSSR count). The fraction of sp³-hybridized carbons (Fsp3) is 0.111. The van der Waals surface area contributed by atoms with Crippen molar-refractivity contribution in [1.82, 2.24) is 0 Å². The molecule has 0 unspecified atom stereocenters. The molecule has 0 aliphatic heterocycles. The highest BCUT2D eigenvalue weighted by Crippen LogP contribution is 2.35. The summed E-state index contributed by atoms with van der Waals surface area (Å²) in [4.78, 5) is 0. The largest absolute Gasteiger partial charge is 0.206 e. The zero-order valence-corrected chi connectivity index (χ0v) is 9.64. The lowest BCUT2D eigenvalue weighted by atomic mass is 10.2. The average molecular weight is 280 g/mol. The number of rotatable bonds is 1. The quantitative estimate of drug-likeness (QED) is 0.672. The molecule has 2 aromatic rings. The number of alkyl halides is 1. The van der Waals surface area contributed by atoms with E-state index < -0.39 is 0 Å². The number of halogens is 3. The normalized spacial score (nSPS) is 11.0. The Hall–Kier alpha value is -0.120. The molecule has 0 aliphatic carbocycles. The predicted octanol–water partition coefficient (Wildman–Crippen LogP) is 4.54. The monoisotopic (exact) mass is 278 g/mol. The van der Waals surface area contributed by atoms with Crippen molar-refractivity contribution in [3.05, 3.63) is 33.4 Å². The molecule has 0 fully saturated rings. The van der Waals surface area contributed by atoms with Crippen molar-refractivity contribution in [2.24, 2.45) is 0 Å². The van der Waals surface area contributed by atoms with Crippen molar-refractivity contribution in [3.8, 4) is 0 Å². The minimum absolute atomic E-state index is 0.197. The van der Waals surface area contributed by atoms with E-state index in [-0.39, 0.29) is 5.82 Å². The molecule has 0 saturated carbocycles. The maximum absolute atomic E-state index is 13.3. The van der Waals surface area contributed by atoms with Crippen LogP contribution in [0.2, 0.25) is 0 Å². The Balaban J connectivity index is 2.87. The molecule has 0 spiro atoms. The van der Waals surface area contributed by atoms with E-state index in [4.69, 9.17) is 11.6 Å². The minimum Gasteiger partial charge on any atom is -0.206 e. The zero-order valence-electron chi connectivity index (χ0n) is 6.48. The lowest BCUT2D eigenvalue weighted by Crippen LogP contribution is -1.81. The summed E-state index contributed by atoms with van der Waals surface area (Å²) in [6.45, 7) is 0. The highest BCUT2D eigenvalue weighted by Gasteiger charge is 2.10. The highest BCUT2D eigenvalue weighted by molar-refractivity contribution is 9.10. The summed E-state index contributed by atoms with van der Waals surface area (Å²) < 4.78 is 15.1. The van der Waals surface area contributed by atoms with Crippen molar-refractivity contribution in [2.75, 3.05) is 0 Å². The number of thiophene rings is 1. The van der Waals surface area contributed by atoms with Crippen LogP contribution in [0.4, 0.5) is 4.39 Å². The third-order valence-corrected chi connectivity index (χ3v) is 4.12. The highest BCUT2D eigenvalue weighted by atomic mass is 79.9. The van der Waals surface area contributed by atoms with Crippen LogP contribution in [0.25, 0.3) is 10.1 Å². The van der Waals surface area contributed by atoms with Crippen LogP contribution in [0.15, 0.2) is 22.0 Å². The van der Waals surface area contributed by atoms with Gasteiger partial charge in [-0.1, -0.05) is 6.07 Å². The second kappa shape index (κ2) is 3.56. The van der Waals surface area contributed by atoms with Crippen LogP contribution in [0.3, 0.4) is 0 Å². The third kappa shape index (κ3) is 1.49. The second-order valence-electron chi connectivity index (χ2n) is 2.63. The summed E-state index contributed by atoms with van der Waals surface area (Å²) in [6.07, 6.45) is 0. The number of hydrogen-bond donors (Lipinski definition) is 0. The van der Waals surface area contributed by atoms with Gasteiger partial charge in [-0.3, -0.25) is 0 Å². The second-order valence-corrected chi connectivity index (χ2v) is 4.63. The van der Waals surface area contributed by atoms with Gasteiger partial charge in [-0.2, -0.15) is 0 Å². The number of benzene rings is 1. The smallest absolute Gasteiger partial charge is 0.133 e. The van der Waals surface area contributed by atoms with Gasteiger partial charge in [0.05, 0.1) is 0 Å². The molecule has 68 valence electrons. The van der Waals surface area contributed by atoms with E-state index in [1.165, 1.54) is 17.4 Å². The number of fused-ring (bicyclic) bond motifs is 1. The molecule has 0 saturated heterocycles. The summed E-state index contributed by atoms with van der Waals surface area (Å²) in [5.41, 5.74) is 0.980. The van der Waals surface area contributed by atoms with Crippen molar-refractivity contribution in [1.29, 1.82) is 0 Å². The van der Waals surface area contributed by atoms with Gasteiger partial charge in [0.2, 0.25) is 0 Å². The molecule has 1 aromatic heterocycles. The van der Waals surface area contributed by atoms with Crippen LogP contribution in [0.1, 0.15) is 5.56 Å². The van der Waals surface area contributed by atoms with Crippen molar-refractivity contribution in [3.63, 3.8) is 0 Å². The first-order valence-electron chi connectivity index (χ1n) is 3.64. The van der Waals surface area contributed by atoms with Gasteiger partial charge >= 0.3 is 0 Å². The molecule has 0 bridgehead atoms. The van der Waals surface area contributed by atoms with Gasteiger partial charge in [-0.15, -0.1) is 22.9 Å². The zero-order chi connectivity index (χ0) is 9.42. The van der Waals surface area contributed by atoms with Gasteiger partial charge in [0.1, 0.15) is 5.82 Å². The Morgan fingerprint density at radius 3 is 2.92 bits per heavy atom. The summed E-state index contributed by atoms with van der Waals surface area (Å²) in [5, 5.41) is 2.52. The maximum atomic E-state index is 13.3. The van der Waals surface area contributed by atoms with Gasteiger partial charge in [0.25, 0.3) is 0 Å². The molecule has 0 aliphatic rings. The molecule has 13 heavy (non-hydrogen) atoms. The Labute approximate surface area is 92.5 Å². The number of hydrogen-bond acceptors (Lipinski definition) is 1. The Bertz CT molecular complexity index is 452. The minimum atomic E-state index is -0.197. The molecular weight excluding hydrogens is 275 g/mol. The lowest BCUT2D eigenvalue weighted by Gasteiger charge is -1.98. The van der Waals surface area contributed by atoms with Gasteiger partial charge in [-0.05, 0) is 27.6 Å². The fourth-order valence-electron chi connectivity index (χ4n) is 1.23. The van der Waals surface area contributed by atoms with Crippen molar-refractivity contribution >= 4 is 49.0 Å². The van der Waals surface area contributed by atoms with Gasteiger partial charge < -0.3 is 0 Å². The van der Waals surface area contributed by atoms with E-state index in [2.05, 4.69) is 15.9 Å². The first kappa shape index (κ1) is 9.44. The van der Waals surface area contributed by atoms with Crippen LogP contribution in [-0.4, -0.2) is 0 Å². The molecular formula is C9H5BrClFS. The molecule has 1 heterocycles. The maximum Gasteiger partial charge on any atom is 0.133 e. The molecule has 1 aromatic carbocycles. The van der Waals surface area contributed by atoms with Crippen LogP contribution in [0.5, 0.6) is 0 Å². The first-order valence-corrected chi connectivity index (χ1v) is 5.85. The van der Waals surface area contributed by atoms with Crippen LogP contribution >= 0.6 is 38.9 Å². The summed E-state index contributed by atoms with van der Waals surface area (Å²) in [7, 11) is 0. The summed E-state index contributed by atoms with van der Waals surface area (Å²) in [6, 6.07) is 3.19. The standard InChI is InChI=1S/C9H5BrClFS/c10-6-4-13-9-5(3-11)1-2-7(12)8(6)9/h1-2,4H,3H2. The molecule has 0 N–H and O–H groups in total. The summed E-state index contributed by atoms with van der Waals surface area (Å²) >= 11 is 10.6. The topological polar surface area (TPSA) is 0 Å². The van der Waals surface area contributed by atoms with Crippen molar-refractivity contribution in [2.45, 2.75) is 5.88 Å². The predicted molar refractivity (Wildman–Crippen MR) is 59.0 cm³/mol. The Morgan fingerprint density at radius 2 is 2.23 bits per heavy atom. The Kier molecular flexibility index (Phi) is 2.58. The molecule has 0 nitrogen and oxygen atoms in total. The fourth-order valence-corrected chi connectivity index (χ4v) is 3.29. The van der Waals surface area contributed by atoms with E-state index >= 15 is 0 Å². The van der Waals surface area contributed by atoms with Gasteiger partial charge in [0, 0.05) is 25.8 Å². The molecule has 4 heteroatoms. The first-order chi connectivity index (χ1) is 6.24. The summed E-state index contributed by atoms with van der Waals surface area (Å²) in [5.74, 6) is 0.223. The van der Waals surface area contributed by atoms with Crippen LogP contribution in [-0.2, 0) is 5.88 Å². The van der Waals surface area contributed by atoms with E-state index in [0.29, 0.717) is 11.3 Å². The van der Waals surface area contributed by atoms with Crippen LogP contribution < -0.4 is 0 Å². The Morgan fingerprint density at radius 1 is 1.46 bits per heavy atom. The SMILES string of the molecule is Fc1ccc(CCl)c2scc(Br)c12. The van der Waals surface area contributed by atoms with Gasteiger partial charge in [-0.25, -0.2) is 4.39 Å². The van der Waals surface area contributed by atoms with Crippen molar-refractivity contribution < 1.29 is 4.39 Å². The van der Waals surface area contributed by atoms with Crippen LogP contribution in [0, 0.1) is 5.82 Å². The third-order valence-electron chi connectivity index (χ3n) is 1.85. The molecule has 0 radical (unpaired) electrons. The molecule has 0 amide bonds. The molecule has 0 atom stereocenters. The van der Waals surface area contributed by atoms with E-state index in [9.17, 15) is 4.39 Å². The van der Waals surface area contributed by atoms with E-state index in [1.54, 1.807) is 6.07 Å². The lowest BCUT2D eigenvalue weighted by molar-refractivity contribution is 0.639. The average Bonchev–Trinajstić information content (AvgIpc) is 2.50. The van der Waals surface area contributed by atoms with E-state index in [0.717, 1.165) is 14.7 Å². The van der Waals surface area contributed by atoms with Gasteiger partial charge in [0.15, 0.2) is 0 Å².